The number of imidazole rings is 1. The lowest BCUT2D eigenvalue weighted by atomic mass is 10.0. The van der Waals surface area contributed by atoms with E-state index in [1.165, 1.54) is 16.3 Å². The molecule has 0 amide bonds. The van der Waals surface area contributed by atoms with Crippen LogP contribution in [0.15, 0.2) is 53.4 Å². The fourth-order valence-electron chi connectivity index (χ4n) is 4.37. The Morgan fingerprint density at radius 2 is 1.90 bits per heavy atom. The maximum Gasteiger partial charge on any atom is 0.242 e. The maximum absolute atomic E-state index is 12.6. The summed E-state index contributed by atoms with van der Waals surface area (Å²) in [4.78, 5) is 7.68. The van der Waals surface area contributed by atoms with Gasteiger partial charge in [0.2, 0.25) is 10.0 Å². The monoisotopic (exact) mass is 426 g/mol. The average molecular weight is 427 g/mol. The molecule has 1 fully saturated rings. The second kappa shape index (κ2) is 8.49. The highest BCUT2D eigenvalue weighted by Gasteiger charge is 2.28. The molecular weight excluding hydrogens is 396 g/mol. The van der Waals surface area contributed by atoms with E-state index in [4.69, 9.17) is 4.98 Å². The van der Waals surface area contributed by atoms with Crippen LogP contribution in [0, 0.1) is 0 Å². The van der Waals surface area contributed by atoms with Crippen molar-refractivity contribution in [3.63, 3.8) is 0 Å². The molecule has 30 heavy (non-hydrogen) atoms. The number of benzene rings is 2. The number of rotatable bonds is 7. The zero-order chi connectivity index (χ0) is 21.3. The maximum atomic E-state index is 12.6. The van der Waals surface area contributed by atoms with Gasteiger partial charge in [-0.25, -0.2) is 17.7 Å². The third-order valence-corrected chi connectivity index (χ3v) is 7.73. The number of nitrogens with zero attached hydrogens (tertiary/aromatic N) is 4. The lowest BCUT2D eigenvalue weighted by Crippen LogP contribution is -2.24. The van der Waals surface area contributed by atoms with E-state index in [1.54, 1.807) is 26.2 Å². The van der Waals surface area contributed by atoms with Crippen LogP contribution in [-0.4, -0.2) is 47.8 Å². The van der Waals surface area contributed by atoms with Crippen molar-refractivity contribution in [2.75, 3.05) is 20.6 Å². The molecule has 1 saturated heterocycles. The Morgan fingerprint density at radius 1 is 1.13 bits per heavy atom. The van der Waals surface area contributed by atoms with E-state index in [0.29, 0.717) is 6.04 Å². The summed E-state index contributed by atoms with van der Waals surface area (Å²) in [6.45, 7) is 4.84. The molecule has 2 aromatic carbocycles. The van der Waals surface area contributed by atoms with Gasteiger partial charge in [-0.2, -0.15) is 0 Å². The van der Waals surface area contributed by atoms with Crippen molar-refractivity contribution < 1.29 is 8.42 Å². The van der Waals surface area contributed by atoms with Crippen molar-refractivity contribution >= 4 is 21.1 Å². The molecule has 2 heterocycles. The third-order valence-electron chi connectivity index (χ3n) is 5.92. The summed E-state index contributed by atoms with van der Waals surface area (Å²) in [6.07, 6.45) is 3.33. The van der Waals surface area contributed by atoms with Crippen molar-refractivity contribution in [3.8, 4) is 0 Å². The molecule has 1 unspecified atom stereocenters. The third kappa shape index (κ3) is 3.89. The van der Waals surface area contributed by atoms with Crippen LogP contribution < -0.4 is 0 Å². The Bertz CT molecular complexity index is 1120. The van der Waals surface area contributed by atoms with E-state index >= 15 is 0 Å². The van der Waals surface area contributed by atoms with E-state index in [2.05, 4.69) is 46.7 Å². The van der Waals surface area contributed by atoms with E-state index in [0.717, 1.165) is 49.3 Å². The molecule has 0 bridgehead atoms. The molecule has 7 heteroatoms. The predicted molar refractivity (Wildman–Crippen MR) is 120 cm³/mol. The smallest absolute Gasteiger partial charge is 0.242 e. The number of aryl methyl sites for hydroxylation is 1. The number of sulfonamides is 1. The summed E-state index contributed by atoms with van der Waals surface area (Å²) in [5.74, 6) is 1.01. The molecule has 4 rings (SSSR count). The zero-order valence-electron chi connectivity index (χ0n) is 18.0. The molecule has 1 aromatic heterocycles. The first kappa shape index (κ1) is 21.0. The van der Waals surface area contributed by atoms with Crippen LogP contribution in [0.1, 0.15) is 43.6 Å². The highest BCUT2D eigenvalue weighted by Crippen LogP contribution is 2.33. The van der Waals surface area contributed by atoms with E-state index in [9.17, 15) is 8.42 Å². The summed E-state index contributed by atoms with van der Waals surface area (Å²) >= 11 is 0. The van der Waals surface area contributed by atoms with Crippen LogP contribution in [0.4, 0.5) is 0 Å². The van der Waals surface area contributed by atoms with Crippen molar-refractivity contribution in [1.82, 2.24) is 18.8 Å². The summed E-state index contributed by atoms with van der Waals surface area (Å²) in [6, 6.07) is 16.4. The molecule has 160 valence electrons. The Hall–Kier alpha value is -2.22. The van der Waals surface area contributed by atoms with Gasteiger partial charge in [0, 0.05) is 26.7 Å². The first-order valence-corrected chi connectivity index (χ1v) is 12.1. The van der Waals surface area contributed by atoms with E-state index < -0.39 is 10.0 Å². The fraction of sp³-hybridized carbons (Fsp3) is 0.435. The average Bonchev–Trinajstić information content (AvgIpc) is 3.33. The van der Waals surface area contributed by atoms with Gasteiger partial charge < -0.3 is 4.57 Å². The van der Waals surface area contributed by atoms with Crippen molar-refractivity contribution in [2.45, 2.75) is 50.2 Å². The number of hydrogen-bond acceptors (Lipinski definition) is 4. The summed E-state index contributed by atoms with van der Waals surface area (Å²) in [5.41, 5.74) is 3.10. The fourth-order valence-corrected chi connectivity index (χ4v) is 5.30. The molecule has 1 atom stereocenters. The van der Waals surface area contributed by atoms with Gasteiger partial charge >= 0.3 is 0 Å². The summed E-state index contributed by atoms with van der Waals surface area (Å²) in [7, 11) is -0.371. The minimum absolute atomic E-state index is 0.288. The highest BCUT2D eigenvalue weighted by atomic mass is 32.2. The van der Waals surface area contributed by atoms with Crippen molar-refractivity contribution in [2.24, 2.45) is 0 Å². The molecule has 3 aromatic rings. The van der Waals surface area contributed by atoms with Gasteiger partial charge in [0.1, 0.15) is 5.82 Å². The van der Waals surface area contributed by atoms with Gasteiger partial charge in [-0.15, -0.1) is 0 Å². The van der Waals surface area contributed by atoms with Crippen LogP contribution in [0.3, 0.4) is 0 Å². The SMILES string of the molecule is CCCn1c(CN2CCCC2c2ccccc2)nc2cc(S(=O)(=O)N(C)C)ccc21. The molecule has 6 nitrogen and oxygen atoms in total. The molecule has 0 N–H and O–H groups in total. The number of likely N-dealkylation sites (tertiary alicyclic amines) is 1. The van der Waals surface area contributed by atoms with Crippen LogP contribution in [0.25, 0.3) is 11.0 Å². The Morgan fingerprint density at radius 3 is 2.60 bits per heavy atom. The summed E-state index contributed by atoms with van der Waals surface area (Å²) in [5, 5.41) is 0. The standard InChI is InChI=1S/C23H30N4O2S/c1-4-14-27-22-13-12-19(30(28,29)25(2)3)16-20(22)24-23(27)17-26-15-8-11-21(26)18-9-6-5-7-10-18/h5-7,9-10,12-13,16,21H,4,8,11,14-15,17H2,1-3H3. The van der Waals surface area contributed by atoms with Gasteiger partial charge in [0.25, 0.3) is 0 Å². The predicted octanol–water partition coefficient (Wildman–Crippen LogP) is 4.03. The van der Waals surface area contributed by atoms with Crippen LogP contribution in [-0.2, 0) is 23.1 Å². The van der Waals surface area contributed by atoms with E-state index in [1.807, 2.05) is 6.07 Å². The van der Waals surface area contributed by atoms with Gasteiger partial charge in [-0.1, -0.05) is 37.3 Å². The first-order valence-electron chi connectivity index (χ1n) is 10.6. The zero-order valence-corrected chi connectivity index (χ0v) is 18.8. The van der Waals surface area contributed by atoms with Crippen LogP contribution in [0.2, 0.25) is 0 Å². The largest absolute Gasteiger partial charge is 0.327 e. The quantitative estimate of drug-likeness (QED) is 0.572. The number of fused-ring (bicyclic) bond motifs is 1. The second-order valence-electron chi connectivity index (χ2n) is 8.16. The minimum Gasteiger partial charge on any atom is -0.327 e. The number of hydrogen-bond donors (Lipinski definition) is 0. The minimum atomic E-state index is -3.48. The summed E-state index contributed by atoms with van der Waals surface area (Å²) < 4.78 is 28.6. The lowest BCUT2D eigenvalue weighted by Gasteiger charge is -2.25. The van der Waals surface area contributed by atoms with Gasteiger partial charge in [-0.3, -0.25) is 4.90 Å². The van der Waals surface area contributed by atoms with Crippen molar-refractivity contribution in [1.29, 1.82) is 0 Å². The second-order valence-corrected chi connectivity index (χ2v) is 10.3. The Kier molecular flexibility index (Phi) is 5.95. The van der Waals surface area contributed by atoms with Crippen molar-refractivity contribution in [3.05, 3.63) is 59.9 Å². The molecule has 0 aliphatic carbocycles. The molecule has 0 saturated carbocycles. The molecule has 1 aliphatic rings. The normalized spacial score (nSPS) is 17.9. The lowest BCUT2D eigenvalue weighted by molar-refractivity contribution is 0.239. The molecule has 0 radical (unpaired) electrons. The van der Waals surface area contributed by atoms with Crippen LogP contribution >= 0.6 is 0 Å². The van der Waals surface area contributed by atoms with Gasteiger partial charge in [-0.05, 0) is 49.6 Å². The highest BCUT2D eigenvalue weighted by molar-refractivity contribution is 7.89. The number of aromatic nitrogens is 2. The Balaban J connectivity index is 1.70. The van der Waals surface area contributed by atoms with Crippen LogP contribution in [0.5, 0.6) is 0 Å². The molecular formula is C23H30N4O2S. The molecule has 1 aliphatic heterocycles. The van der Waals surface area contributed by atoms with Gasteiger partial charge in [0.05, 0.1) is 22.5 Å². The first-order chi connectivity index (χ1) is 14.4. The van der Waals surface area contributed by atoms with Gasteiger partial charge in [0.15, 0.2) is 0 Å². The topological polar surface area (TPSA) is 58.4 Å². The van der Waals surface area contributed by atoms with E-state index in [-0.39, 0.29) is 4.90 Å². The Labute approximate surface area is 179 Å². The molecule has 0 spiro atoms.